The molecule has 0 saturated carbocycles. The molecule has 4 N–H and O–H groups in total. The molecule has 2 aromatic rings. The Kier molecular flexibility index (Phi) is 8.97. The molecule has 0 aliphatic heterocycles. The first-order valence-electron chi connectivity index (χ1n) is 10.2. The summed E-state index contributed by atoms with van der Waals surface area (Å²) in [5, 5.41) is 8.88. The summed E-state index contributed by atoms with van der Waals surface area (Å²) < 4.78 is 39.2. The molecule has 0 bridgehead atoms. The van der Waals surface area contributed by atoms with Crippen molar-refractivity contribution >= 4 is 17.3 Å². The second-order valence-electron chi connectivity index (χ2n) is 7.21. The zero-order valence-corrected chi connectivity index (χ0v) is 18.2. The molecule has 0 amide bonds. The second kappa shape index (κ2) is 11.0. The summed E-state index contributed by atoms with van der Waals surface area (Å²) >= 11 is 6.14. The van der Waals surface area contributed by atoms with Crippen LogP contribution < -0.4 is 16.5 Å². The van der Waals surface area contributed by atoms with Gasteiger partial charge in [-0.1, -0.05) is 62.9 Å². The predicted octanol–water partition coefficient (Wildman–Crippen LogP) is 5.95. The molecule has 1 unspecified atom stereocenters. The minimum atomic E-state index is -4.40. The fourth-order valence-corrected chi connectivity index (χ4v) is 3.56. The molecule has 166 valence electrons. The minimum absolute atomic E-state index is 0.539. The van der Waals surface area contributed by atoms with E-state index < -0.39 is 17.5 Å². The van der Waals surface area contributed by atoms with Crippen molar-refractivity contribution in [3.8, 4) is 0 Å². The van der Waals surface area contributed by atoms with E-state index in [1.165, 1.54) is 12.1 Å². The Morgan fingerprint density at radius 1 is 0.967 bits per heavy atom. The third kappa shape index (κ3) is 6.35. The maximum absolute atomic E-state index is 13.1. The van der Waals surface area contributed by atoms with Crippen molar-refractivity contribution in [1.29, 1.82) is 0 Å². The maximum Gasteiger partial charge on any atom is 0.416 e. The SMILES string of the molecule is CCCCCCN(N)C(NCC)(Nc1cccc(Cl)c1)c1ccc(C(F)(F)F)cc1. The van der Waals surface area contributed by atoms with Crippen molar-refractivity contribution in [3.63, 3.8) is 0 Å². The summed E-state index contributed by atoms with van der Waals surface area (Å²) in [6.45, 7) is 5.15. The van der Waals surface area contributed by atoms with Gasteiger partial charge in [-0.25, -0.2) is 5.01 Å². The highest BCUT2D eigenvalue weighted by atomic mass is 35.5. The van der Waals surface area contributed by atoms with Gasteiger partial charge in [-0.2, -0.15) is 13.2 Å². The zero-order chi connectivity index (χ0) is 22.2. The number of benzene rings is 2. The number of hydrazine groups is 1. The Balaban J connectivity index is 2.44. The third-order valence-electron chi connectivity index (χ3n) is 4.90. The fourth-order valence-electron chi connectivity index (χ4n) is 3.37. The number of hydrogen-bond donors (Lipinski definition) is 3. The lowest BCUT2D eigenvalue weighted by atomic mass is 10.0. The number of halogens is 4. The molecular weight excluding hydrogens is 413 g/mol. The normalized spacial score (nSPS) is 14.0. The number of alkyl halides is 3. The quantitative estimate of drug-likeness (QED) is 0.174. The van der Waals surface area contributed by atoms with Gasteiger partial charge in [-0.3, -0.25) is 11.2 Å². The van der Waals surface area contributed by atoms with E-state index in [9.17, 15) is 13.2 Å². The molecule has 0 radical (unpaired) electrons. The van der Waals surface area contributed by atoms with Crippen LogP contribution in [0.2, 0.25) is 5.02 Å². The van der Waals surface area contributed by atoms with Crippen LogP contribution >= 0.6 is 11.6 Å². The largest absolute Gasteiger partial charge is 0.416 e. The number of hydrogen-bond acceptors (Lipinski definition) is 4. The molecule has 4 nitrogen and oxygen atoms in total. The average molecular weight is 443 g/mol. The van der Waals surface area contributed by atoms with E-state index in [2.05, 4.69) is 17.6 Å². The van der Waals surface area contributed by atoms with Crippen LogP contribution in [0.5, 0.6) is 0 Å². The third-order valence-corrected chi connectivity index (χ3v) is 5.13. The van der Waals surface area contributed by atoms with Crippen molar-refractivity contribution in [2.45, 2.75) is 51.5 Å². The van der Waals surface area contributed by atoms with Gasteiger partial charge >= 0.3 is 6.18 Å². The Morgan fingerprint density at radius 3 is 2.20 bits per heavy atom. The predicted molar refractivity (Wildman–Crippen MR) is 117 cm³/mol. The topological polar surface area (TPSA) is 53.3 Å². The van der Waals surface area contributed by atoms with E-state index >= 15 is 0 Å². The van der Waals surface area contributed by atoms with Crippen LogP contribution in [0.4, 0.5) is 18.9 Å². The molecule has 30 heavy (non-hydrogen) atoms. The van der Waals surface area contributed by atoms with E-state index in [1.807, 2.05) is 13.0 Å². The van der Waals surface area contributed by atoms with Crippen LogP contribution in [0.25, 0.3) is 0 Å². The second-order valence-corrected chi connectivity index (χ2v) is 7.64. The van der Waals surface area contributed by atoms with Gasteiger partial charge in [0, 0.05) is 22.8 Å². The fraction of sp³-hybridized carbons (Fsp3) is 0.455. The van der Waals surface area contributed by atoms with Gasteiger partial charge in [0.15, 0.2) is 5.79 Å². The molecule has 0 fully saturated rings. The smallest absolute Gasteiger partial charge is 0.350 e. The van der Waals surface area contributed by atoms with Gasteiger partial charge in [0.1, 0.15) is 0 Å². The molecule has 8 heteroatoms. The molecular formula is C22H30ClF3N4. The van der Waals surface area contributed by atoms with Crippen LogP contribution in [0.3, 0.4) is 0 Å². The monoisotopic (exact) mass is 442 g/mol. The summed E-state index contributed by atoms with van der Waals surface area (Å²) in [7, 11) is 0. The Morgan fingerprint density at radius 2 is 1.63 bits per heavy atom. The lowest BCUT2D eigenvalue weighted by Gasteiger charge is -2.43. The molecule has 1 atom stereocenters. The van der Waals surface area contributed by atoms with Crippen LogP contribution in [0.15, 0.2) is 48.5 Å². The standard InChI is InChI=1S/C22H30ClF3N4/c1-3-5-6-7-15-30(27)22(28-4-2,29-20-10-8-9-19(23)16-20)18-13-11-17(12-14-18)21(24,25)26/h8-14,16,28-29H,3-7,15,27H2,1-2H3. The zero-order valence-electron chi connectivity index (χ0n) is 17.4. The maximum atomic E-state index is 13.1. The van der Waals surface area contributed by atoms with E-state index in [-0.39, 0.29) is 0 Å². The molecule has 0 aromatic heterocycles. The minimum Gasteiger partial charge on any atom is -0.350 e. The Labute approximate surface area is 181 Å². The highest BCUT2D eigenvalue weighted by Crippen LogP contribution is 2.33. The van der Waals surface area contributed by atoms with Crippen LogP contribution in [-0.4, -0.2) is 18.1 Å². The lowest BCUT2D eigenvalue weighted by molar-refractivity contribution is -0.137. The molecule has 0 spiro atoms. The summed E-state index contributed by atoms with van der Waals surface area (Å²) in [4.78, 5) is 0. The first-order chi connectivity index (χ1) is 14.2. The summed E-state index contributed by atoms with van der Waals surface area (Å²) in [6, 6.07) is 12.2. The first kappa shape index (κ1) is 24.5. The molecule has 2 aromatic carbocycles. The molecule has 0 heterocycles. The van der Waals surface area contributed by atoms with Crippen LogP contribution in [0.1, 0.15) is 50.7 Å². The van der Waals surface area contributed by atoms with Crippen LogP contribution in [0, 0.1) is 0 Å². The van der Waals surface area contributed by atoms with Crippen molar-refractivity contribution in [2.24, 2.45) is 5.84 Å². The Bertz CT molecular complexity index is 783. The van der Waals surface area contributed by atoms with Gasteiger partial charge in [-0.15, -0.1) is 0 Å². The van der Waals surface area contributed by atoms with Gasteiger partial charge in [0.05, 0.1) is 5.56 Å². The highest BCUT2D eigenvalue weighted by Gasteiger charge is 2.38. The number of nitrogens with one attached hydrogen (secondary N) is 2. The van der Waals surface area contributed by atoms with E-state index in [0.29, 0.717) is 29.4 Å². The van der Waals surface area contributed by atoms with E-state index in [1.54, 1.807) is 23.2 Å². The summed E-state index contributed by atoms with van der Waals surface area (Å²) in [5.41, 5.74) is 0.577. The number of unbranched alkanes of at least 4 members (excludes halogenated alkanes) is 3. The summed E-state index contributed by atoms with van der Waals surface area (Å²) in [5.74, 6) is 5.41. The van der Waals surface area contributed by atoms with Crippen molar-refractivity contribution in [2.75, 3.05) is 18.4 Å². The van der Waals surface area contributed by atoms with Crippen molar-refractivity contribution in [3.05, 3.63) is 64.7 Å². The number of nitrogens with two attached hydrogens (primary N) is 1. The average Bonchev–Trinajstić information content (AvgIpc) is 2.70. The number of anilines is 1. The first-order valence-corrected chi connectivity index (χ1v) is 10.6. The number of rotatable bonds is 11. The van der Waals surface area contributed by atoms with E-state index in [4.69, 9.17) is 17.4 Å². The van der Waals surface area contributed by atoms with Crippen LogP contribution in [-0.2, 0) is 12.0 Å². The van der Waals surface area contributed by atoms with Crippen molar-refractivity contribution in [1.82, 2.24) is 10.3 Å². The summed E-state index contributed by atoms with van der Waals surface area (Å²) in [6.07, 6.45) is -0.305. The molecule has 0 aliphatic rings. The lowest BCUT2D eigenvalue weighted by Crippen LogP contribution is -2.64. The highest BCUT2D eigenvalue weighted by molar-refractivity contribution is 6.30. The van der Waals surface area contributed by atoms with Gasteiger partial charge in [0.2, 0.25) is 0 Å². The molecule has 2 rings (SSSR count). The van der Waals surface area contributed by atoms with Crippen molar-refractivity contribution < 1.29 is 13.2 Å². The molecule has 0 aliphatic carbocycles. The Hall–Kier alpha value is -1.80. The molecule has 0 saturated heterocycles. The van der Waals surface area contributed by atoms with Gasteiger partial charge in [0.25, 0.3) is 0 Å². The number of nitrogens with zero attached hydrogens (tertiary/aromatic N) is 1. The van der Waals surface area contributed by atoms with Gasteiger partial charge in [-0.05, 0) is 43.3 Å². The van der Waals surface area contributed by atoms with E-state index in [0.717, 1.165) is 37.8 Å². The van der Waals surface area contributed by atoms with Gasteiger partial charge < -0.3 is 5.32 Å².